The van der Waals surface area contributed by atoms with Gasteiger partial charge in [0.05, 0.1) is 17.2 Å². The van der Waals surface area contributed by atoms with E-state index in [-0.39, 0.29) is 35.9 Å². The summed E-state index contributed by atoms with van der Waals surface area (Å²) in [6, 6.07) is 0.225. The number of halogens is 1. The van der Waals surface area contributed by atoms with E-state index in [0.29, 0.717) is 25.5 Å². The molecule has 0 radical (unpaired) electrons. The lowest BCUT2D eigenvalue weighted by Gasteiger charge is -2.13. The predicted molar refractivity (Wildman–Crippen MR) is 108 cm³/mol. The van der Waals surface area contributed by atoms with Crippen LogP contribution in [0.4, 0.5) is 0 Å². The average Bonchev–Trinajstić information content (AvgIpc) is 2.80. The molecule has 1 aromatic rings. The first-order valence-electron chi connectivity index (χ1n) is 7.63. The summed E-state index contributed by atoms with van der Waals surface area (Å²) in [6.45, 7) is 9.32. The third kappa shape index (κ3) is 8.50. The number of rotatable bonds is 7. The molecular weight excluding hydrogens is 425 g/mol. The minimum absolute atomic E-state index is 0. The Labute approximate surface area is 160 Å². The van der Waals surface area contributed by atoms with Crippen LogP contribution in [0.25, 0.3) is 0 Å². The Hall–Kier alpha value is -0.900. The molecule has 1 rings (SSSR count). The fourth-order valence-electron chi connectivity index (χ4n) is 1.87. The van der Waals surface area contributed by atoms with Gasteiger partial charge in [0, 0.05) is 30.9 Å². The smallest absolute Gasteiger partial charge is 0.221 e. The number of aromatic nitrogens is 1. The van der Waals surface area contributed by atoms with Gasteiger partial charge in [-0.3, -0.25) is 9.79 Å². The highest BCUT2D eigenvalue weighted by Gasteiger charge is 2.07. The number of hydrogen-bond acceptors (Lipinski definition) is 4. The Morgan fingerprint density at radius 2 is 2.04 bits per heavy atom. The number of thiazole rings is 1. The van der Waals surface area contributed by atoms with Crippen molar-refractivity contribution in [2.45, 2.75) is 53.1 Å². The summed E-state index contributed by atoms with van der Waals surface area (Å²) in [7, 11) is 1.72. The second kappa shape index (κ2) is 11.6. The first-order chi connectivity index (χ1) is 10.5. The average molecular weight is 453 g/mol. The van der Waals surface area contributed by atoms with Gasteiger partial charge in [-0.1, -0.05) is 6.92 Å². The number of carbonyl (C=O) groups excluding carboxylic acids is 1. The van der Waals surface area contributed by atoms with Crippen LogP contribution in [-0.2, 0) is 11.3 Å². The second-order valence-corrected chi connectivity index (χ2v) is 6.51. The molecule has 1 aromatic heterocycles. The van der Waals surface area contributed by atoms with Crippen molar-refractivity contribution in [1.29, 1.82) is 0 Å². The van der Waals surface area contributed by atoms with Gasteiger partial charge in [0.1, 0.15) is 0 Å². The molecule has 0 aliphatic heterocycles. The number of aryl methyl sites for hydroxylation is 2. The van der Waals surface area contributed by atoms with Gasteiger partial charge in [0.2, 0.25) is 5.91 Å². The van der Waals surface area contributed by atoms with Gasteiger partial charge in [-0.05, 0) is 27.2 Å². The van der Waals surface area contributed by atoms with E-state index < -0.39 is 0 Å². The highest BCUT2D eigenvalue weighted by molar-refractivity contribution is 14.0. The van der Waals surface area contributed by atoms with Gasteiger partial charge in [0.25, 0.3) is 0 Å². The summed E-state index contributed by atoms with van der Waals surface area (Å²) in [5.74, 6) is 0.757. The molecule has 8 heteroatoms. The summed E-state index contributed by atoms with van der Waals surface area (Å²) < 4.78 is 0. The van der Waals surface area contributed by atoms with E-state index in [9.17, 15) is 4.79 Å². The zero-order valence-corrected chi connectivity index (χ0v) is 17.7. The van der Waals surface area contributed by atoms with Gasteiger partial charge in [-0.25, -0.2) is 4.98 Å². The number of nitrogens with one attached hydrogen (secondary N) is 3. The molecule has 3 N–H and O–H groups in total. The van der Waals surface area contributed by atoms with Crippen molar-refractivity contribution in [3.8, 4) is 0 Å². The van der Waals surface area contributed by atoms with Gasteiger partial charge in [0.15, 0.2) is 5.96 Å². The molecule has 0 spiro atoms. The lowest BCUT2D eigenvalue weighted by atomic mass is 10.2. The number of guanidine groups is 1. The van der Waals surface area contributed by atoms with Crippen LogP contribution in [0.2, 0.25) is 0 Å². The first kappa shape index (κ1) is 22.1. The number of amides is 1. The monoisotopic (exact) mass is 453 g/mol. The van der Waals surface area contributed by atoms with Crippen LogP contribution in [0.5, 0.6) is 0 Å². The van der Waals surface area contributed by atoms with E-state index in [1.807, 2.05) is 20.8 Å². The molecule has 0 aliphatic carbocycles. The van der Waals surface area contributed by atoms with Crippen molar-refractivity contribution in [3.63, 3.8) is 0 Å². The highest BCUT2D eigenvalue weighted by Crippen LogP contribution is 2.16. The third-order valence-corrected chi connectivity index (χ3v) is 4.38. The molecule has 1 atom stereocenters. The molecule has 6 nitrogen and oxygen atoms in total. The summed E-state index contributed by atoms with van der Waals surface area (Å²) in [5, 5.41) is 10.4. The van der Waals surface area contributed by atoms with Crippen LogP contribution in [0, 0.1) is 13.8 Å². The van der Waals surface area contributed by atoms with Crippen LogP contribution in [0.1, 0.15) is 42.3 Å². The van der Waals surface area contributed by atoms with Gasteiger partial charge < -0.3 is 16.0 Å². The molecular formula is C15H28IN5OS. The van der Waals surface area contributed by atoms with Crippen molar-refractivity contribution in [3.05, 3.63) is 15.6 Å². The lowest BCUT2D eigenvalue weighted by molar-refractivity contribution is -0.121. The maximum Gasteiger partial charge on any atom is 0.221 e. The number of hydrogen-bond donors (Lipinski definition) is 3. The fraction of sp³-hybridized carbons (Fsp3) is 0.667. The van der Waals surface area contributed by atoms with Crippen molar-refractivity contribution < 1.29 is 4.79 Å². The van der Waals surface area contributed by atoms with Crippen molar-refractivity contribution in [2.24, 2.45) is 4.99 Å². The Morgan fingerprint density at radius 3 is 2.57 bits per heavy atom. The summed E-state index contributed by atoms with van der Waals surface area (Å²) in [5.41, 5.74) is 1.05. The van der Waals surface area contributed by atoms with Gasteiger partial charge in [-0.2, -0.15) is 0 Å². The lowest BCUT2D eigenvalue weighted by Crippen LogP contribution is -2.40. The minimum atomic E-state index is 0. The van der Waals surface area contributed by atoms with E-state index >= 15 is 0 Å². The van der Waals surface area contributed by atoms with E-state index in [1.54, 1.807) is 18.4 Å². The van der Waals surface area contributed by atoms with Crippen molar-refractivity contribution in [2.75, 3.05) is 13.6 Å². The molecule has 0 saturated carbocycles. The molecule has 1 unspecified atom stereocenters. The zero-order chi connectivity index (χ0) is 16.5. The predicted octanol–water partition coefficient (Wildman–Crippen LogP) is 2.35. The third-order valence-electron chi connectivity index (χ3n) is 3.30. The number of aliphatic imine (C=N–C) groups is 1. The van der Waals surface area contributed by atoms with E-state index in [1.165, 1.54) is 4.88 Å². The molecule has 0 bridgehead atoms. The highest BCUT2D eigenvalue weighted by atomic mass is 127. The number of nitrogens with zero attached hydrogens (tertiary/aromatic N) is 2. The molecule has 0 fully saturated rings. The Kier molecular flexibility index (Phi) is 11.2. The molecule has 1 heterocycles. The maximum atomic E-state index is 11.7. The van der Waals surface area contributed by atoms with E-state index in [4.69, 9.17) is 0 Å². The molecule has 132 valence electrons. The minimum Gasteiger partial charge on any atom is -0.356 e. The normalized spacial score (nSPS) is 12.3. The molecule has 1 amide bonds. The zero-order valence-electron chi connectivity index (χ0n) is 14.5. The van der Waals surface area contributed by atoms with Crippen LogP contribution in [0.3, 0.4) is 0 Å². The summed E-state index contributed by atoms with van der Waals surface area (Å²) in [6.07, 6.45) is 1.37. The molecule has 23 heavy (non-hydrogen) atoms. The SMILES string of the molecule is CCC(C)NC(=O)CCNC(=NC)NCc1sc(C)nc1C.I. The van der Waals surface area contributed by atoms with Crippen LogP contribution in [-0.4, -0.2) is 36.5 Å². The topological polar surface area (TPSA) is 78.4 Å². The Bertz CT molecular complexity index is 518. The number of carbonyl (C=O) groups is 1. The van der Waals surface area contributed by atoms with E-state index in [0.717, 1.165) is 17.1 Å². The largest absolute Gasteiger partial charge is 0.356 e. The van der Waals surface area contributed by atoms with Crippen molar-refractivity contribution >= 4 is 47.2 Å². The summed E-state index contributed by atoms with van der Waals surface area (Å²) in [4.78, 5) is 21.5. The van der Waals surface area contributed by atoms with Crippen molar-refractivity contribution in [1.82, 2.24) is 20.9 Å². The van der Waals surface area contributed by atoms with E-state index in [2.05, 4.69) is 32.9 Å². The molecule has 0 saturated heterocycles. The first-order valence-corrected chi connectivity index (χ1v) is 8.44. The second-order valence-electron chi connectivity index (χ2n) is 5.22. The Morgan fingerprint density at radius 1 is 1.35 bits per heavy atom. The van der Waals surface area contributed by atoms with Crippen LogP contribution in [0.15, 0.2) is 4.99 Å². The fourth-order valence-corrected chi connectivity index (χ4v) is 2.74. The maximum absolute atomic E-state index is 11.7. The molecule has 0 aromatic carbocycles. The van der Waals surface area contributed by atoms with Crippen LogP contribution < -0.4 is 16.0 Å². The molecule has 0 aliphatic rings. The van der Waals surface area contributed by atoms with Gasteiger partial charge >= 0.3 is 0 Å². The van der Waals surface area contributed by atoms with Crippen LogP contribution >= 0.6 is 35.3 Å². The standard InChI is InChI=1S/C15H27N5OS.HI/c1-6-10(2)19-14(21)7-8-17-15(16-5)18-9-13-11(3)20-12(4)22-13;/h10H,6-9H2,1-5H3,(H,19,21)(H2,16,17,18);1H. The summed E-state index contributed by atoms with van der Waals surface area (Å²) >= 11 is 1.68. The van der Waals surface area contributed by atoms with Gasteiger partial charge in [-0.15, -0.1) is 35.3 Å². The quantitative estimate of drug-likeness (QED) is 0.337. The Balaban J connectivity index is 0.00000484.